The van der Waals surface area contributed by atoms with Crippen molar-refractivity contribution in [3.63, 3.8) is 0 Å². The van der Waals surface area contributed by atoms with Gasteiger partial charge in [0.25, 0.3) is 0 Å². The number of hydrogen-bond donors (Lipinski definition) is 1. The summed E-state index contributed by atoms with van der Waals surface area (Å²) >= 11 is 0. The predicted molar refractivity (Wildman–Crippen MR) is 108 cm³/mol. The maximum Gasteiger partial charge on any atom is 0.238 e. The Hall–Kier alpha value is -1.94. The highest BCUT2D eigenvalue weighted by Crippen LogP contribution is 2.25. The van der Waals surface area contributed by atoms with Crippen LogP contribution in [0.4, 0.5) is 4.39 Å². The van der Waals surface area contributed by atoms with Crippen molar-refractivity contribution in [2.75, 3.05) is 0 Å². The van der Waals surface area contributed by atoms with E-state index in [0.29, 0.717) is 12.2 Å². The molecule has 4 heteroatoms. The number of aromatic nitrogens is 1. The molecule has 0 bridgehead atoms. The van der Waals surface area contributed by atoms with Crippen molar-refractivity contribution in [3.8, 4) is 17.0 Å². The van der Waals surface area contributed by atoms with E-state index < -0.39 is 12.5 Å². The maximum atomic E-state index is 13.5. The van der Waals surface area contributed by atoms with Crippen LogP contribution >= 0.6 is 0 Å². The molecular weight excluding hydrogens is 341 g/mol. The van der Waals surface area contributed by atoms with Crippen molar-refractivity contribution in [2.24, 2.45) is 0 Å². The summed E-state index contributed by atoms with van der Waals surface area (Å²) in [5.41, 5.74) is 2.70. The van der Waals surface area contributed by atoms with Crippen molar-refractivity contribution in [1.29, 1.82) is 0 Å². The normalized spacial score (nSPS) is 13.3. The first-order chi connectivity index (χ1) is 13.1. The molecule has 1 unspecified atom stereocenters. The summed E-state index contributed by atoms with van der Waals surface area (Å²) in [7, 11) is 0. The number of alkyl halides is 1. The monoisotopic (exact) mass is 373 g/mol. The van der Waals surface area contributed by atoms with Crippen LogP contribution in [0.3, 0.4) is 0 Å². The summed E-state index contributed by atoms with van der Waals surface area (Å²) in [5, 5.41) is 10.3. The summed E-state index contributed by atoms with van der Waals surface area (Å²) in [6.45, 7) is 4.13. The summed E-state index contributed by atoms with van der Waals surface area (Å²) in [5.74, 6) is 0.440. The van der Waals surface area contributed by atoms with E-state index in [1.807, 2.05) is 37.3 Å². The molecule has 1 aromatic carbocycles. The first kappa shape index (κ1) is 21.4. The Kier molecular flexibility index (Phi) is 9.26. The second kappa shape index (κ2) is 11.7. The lowest BCUT2D eigenvalue weighted by atomic mass is 10.0. The molecule has 2 atom stereocenters. The number of pyridine rings is 1. The molecule has 2 rings (SSSR count). The molecule has 0 saturated heterocycles. The summed E-state index contributed by atoms with van der Waals surface area (Å²) < 4.78 is 18.7. The van der Waals surface area contributed by atoms with Crippen molar-refractivity contribution < 1.29 is 14.2 Å². The molecular formula is C23H32FNO2. The lowest BCUT2D eigenvalue weighted by molar-refractivity contribution is 0.0585. The largest absolute Gasteiger partial charge is 0.459 e. The zero-order valence-electron chi connectivity index (χ0n) is 16.5. The van der Waals surface area contributed by atoms with E-state index in [9.17, 15) is 9.50 Å². The van der Waals surface area contributed by atoms with Gasteiger partial charge in [-0.2, -0.15) is 0 Å². The molecule has 1 N–H and O–H groups in total. The van der Waals surface area contributed by atoms with Gasteiger partial charge in [-0.25, -0.2) is 4.39 Å². The Bertz CT molecular complexity index is 642. The summed E-state index contributed by atoms with van der Waals surface area (Å²) in [6.07, 6.45) is 7.76. The standard InChI is InChI=1S/C23H32FNO2/c1-3-5-6-7-8-10-22(26)19-13-11-18(12-14-19)21-16-15-20(17-25-21)27-23(24)9-4-2/h11-17,22-23,26H,3-10H2,1-2H3/t22?,23-/m0/s1. The molecule has 0 aliphatic carbocycles. The van der Waals surface area contributed by atoms with Gasteiger partial charge >= 0.3 is 0 Å². The smallest absolute Gasteiger partial charge is 0.238 e. The molecule has 2 aromatic rings. The minimum Gasteiger partial charge on any atom is -0.459 e. The van der Waals surface area contributed by atoms with Crippen LogP contribution in [-0.4, -0.2) is 16.4 Å². The molecule has 0 amide bonds. The number of aliphatic hydroxyl groups is 1. The van der Waals surface area contributed by atoms with E-state index in [1.54, 1.807) is 12.3 Å². The number of benzene rings is 1. The van der Waals surface area contributed by atoms with Crippen LogP contribution in [-0.2, 0) is 0 Å². The van der Waals surface area contributed by atoms with Gasteiger partial charge in [0.05, 0.1) is 18.0 Å². The minimum absolute atomic E-state index is 0.379. The van der Waals surface area contributed by atoms with E-state index in [2.05, 4.69) is 11.9 Å². The highest BCUT2D eigenvalue weighted by atomic mass is 19.1. The number of nitrogens with zero attached hydrogens (tertiary/aromatic N) is 1. The average Bonchev–Trinajstić information content (AvgIpc) is 2.68. The lowest BCUT2D eigenvalue weighted by Gasteiger charge is -2.12. The molecule has 148 valence electrons. The Morgan fingerprint density at radius 1 is 0.926 bits per heavy atom. The fraction of sp³-hybridized carbons (Fsp3) is 0.522. The SMILES string of the molecule is CCCCCCCC(O)c1ccc(-c2ccc(O[C@H](F)CCC)cn2)cc1. The summed E-state index contributed by atoms with van der Waals surface area (Å²) in [4.78, 5) is 4.36. The minimum atomic E-state index is -1.29. The molecule has 3 nitrogen and oxygen atoms in total. The van der Waals surface area contributed by atoms with Crippen molar-refractivity contribution >= 4 is 0 Å². The van der Waals surface area contributed by atoms with Crippen LogP contribution in [0.2, 0.25) is 0 Å². The van der Waals surface area contributed by atoms with Crippen LogP contribution in [0, 0.1) is 0 Å². The Morgan fingerprint density at radius 3 is 2.30 bits per heavy atom. The van der Waals surface area contributed by atoms with Gasteiger partial charge in [0.2, 0.25) is 6.36 Å². The van der Waals surface area contributed by atoms with Gasteiger partial charge in [0, 0.05) is 12.0 Å². The Balaban J connectivity index is 1.88. The third-order valence-electron chi connectivity index (χ3n) is 4.69. The highest BCUT2D eigenvalue weighted by Gasteiger charge is 2.09. The van der Waals surface area contributed by atoms with Gasteiger partial charge in [-0.3, -0.25) is 4.98 Å². The first-order valence-electron chi connectivity index (χ1n) is 10.2. The van der Waals surface area contributed by atoms with E-state index in [1.165, 1.54) is 25.7 Å². The number of aliphatic hydroxyl groups excluding tert-OH is 1. The molecule has 0 aliphatic rings. The van der Waals surface area contributed by atoms with Gasteiger partial charge in [-0.1, -0.05) is 70.2 Å². The second-order valence-electron chi connectivity index (χ2n) is 7.04. The third kappa shape index (κ3) is 7.30. The number of halogens is 1. The number of rotatable bonds is 12. The van der Waals surface area contributed by atoms with Crippen LogP contribution in [0.15, 0.2) is 42.6 Å². The Labute approximate surface area is 162 Å². The molecule has 0 spiro atoms. The molecule has 1 aromatic heterocycles. The van der Waals surface area contributed by atoms with Crippen LogP contribution in [0.1, 0.15) is 76.9 Å². The first-order valence-corrected chi connectivity index (χ1v) is 10.2. The quantitative estimate of drug-likeness (QED) is 0.425. The zero-order valence-corrected chi connectivity index (χ0v) is 16.5. The van der Waals surface area contributed by atoms with Gasteiger partial charge in [0.1, 0.15) is 5.75 Å². The predicted octanol–water partition coefficient (Wildman–Crippen LogP) is 6.62. The molecule has 0 fully saturated rings. The van der Waals surface area contributed by atoms with E-state index >= 15 is 0 Å². The van der Waals surface area contributed by atoms with E-state index in [4.69, 9.17) is 4.74 Å². The van der Waals surface area contributed by atoms with Crippen LogP contribution in [0.25, 0.3) is 11.3 Å². The summed E-state index contributed by atoms with van der Waals surface area (Å²) in [6, 6.07) is 11.4. The second-order valence-corrected chi connectivity index (χ2v) is 7.04. The molecule has 0 saturated carbocycles. The van der Waals surface area contributed by atoms with E-state index in [-0.39, 0.29) is 0 Å². The average molecular weight is 374 g/mol. The van der Waals surface area contributed by atoms with Crippen LogP contribution in [0.5, 0.6) is 5.75 Å². The number of ether oxygens (including phenoxy) is 1. The zero-order chi connectivity index (χ0) is 19.5. The van der Waals surface area contributed by atoms with E-state index in [0.717, 1.165) is 36.1 Å². The van der Waals surface area contributed by atoms with Gasteiger partial charge in [-0.15, -0.1) is 0 Å². The fourth-order valence-electron chi connectivity index (χ4n) is 3.04. The number of hydrogen-bond acceptors (Lipinski definition) is 3. The number of unbranched alkanes of at least 4 members (excludes halogenated alkanes) is 4. The molecule has 27 heavy (non-hydrogen) atoms. The fourth-order valence-corrected chi connectivity index (χ4v) is 3.04. The lowest BCUT2D eigenvalue weighted by Crippen LogP contribution is -2.09. The topological polar surface area (TPSA) is 42.4 Å². The maximum absolute atomic E-state index is 13.5. The van der Waals surface area contributed by atoms with Gasteiger partial charge in [0.15, 0.2) is 0 Å². The Morgan fingerprint density at radius 2 is 1.67 bits per heavy atom. The van der Waals surface area contributed by atoms with Crippen molar-refractivity contribution in [2.45, 2.75) is 77.7 Å². The highest BCUT2D eigenvalue weighted by molar-refractivity contribution is 5.59. The molecule has 0 aliphatic heterocycles. The molecule has 0 radical (unpaired) electrons. The van der Waals surface area contributed by atoms with Gasteiger partial charge < -0.3 is 9.84 Å². The van der Waals surface area contributed by atoms with Gasteiger partial charge in [-0.05, 0) is 30.5 Å². The van der Waals surface area contributed by atoms with Crippen LogP contribution < -0.4 is 4.74 Å². The van der Waals surface area contributed by atoms with Crippen molar-refractivity contribution in [3.05, 3.63) is 48.2 Å². The van der Waals surface area contributed by atoms with Crippen molar-refractivity contribution in [1.82, 2.24) is 4.98 Å². The molecule has 1 heterocycles. The third-order valence-corrected chi connectivity index (χ3v) is 4.69.